The highest BCUT2D eigenvalue weighted by Crippen LogP contribution is 2.27. The zero-order valence-electron chi connectivity index (χ0n) is 10.1. The number of para-hydroxylation sites is 1. The van der Waals surface area contributed by atoms with Crippen LogP contribution in [-0.4, -0.2) is 16.1 Å². The Hall–Kier alpha value is -1.68. The van der Waals surface area contributed by atoms with Crippen molar-refractivity contribution in [3.63, 3.8) is 0 Å². The van der Waals surface area contributed by atoms with E-state index in [2.05, 4.69) is 14.9 Å². The first-order valence-electron chi connectivity index (χ1n) is 6.01. The zero-order valence-corrected chi connectivity index (χ0v) is 10.9. The van der Waals surface area contributed by atoms with E-state index in [0.717, 1.165) is 31.6 Å². The molecular formula is C13H17ClN4. The summed E-state index contributed by atoms with van der Waals surface area (Å²) in [4.78, 5) is 4.01. The number of nitrogen functional groups attached to an aromatic ring is 1. The second-order valence-corrected chi connectivity index (χ2v) is 4.55. The molecule has 0 spiro atoms. The highest BCUT2D eigenvalue weighted by Gasteiger charge is 2.02. The Balaban J connectivity index is 1.72. The van der Waals surface area contributed by atoms with Gasteiger partial charge in [-0.3, -0.25) is 0 Å². The molecule has 0 unspecified atom stereocenters. The molecule has 3 N–H and O–H groups in total. The van der Waals surface area contributed by atoms with Gasteiger partial charge >= 0.3 is 0 Å². The van der Waals surface area contributed by atoms with Gasteiger partial charge in [0.15, 0.2) is 0 Å². The van der Waals surface area contributed by atoms with Crippen LogP contribution in [0.2, 0.25) is 5.02 Å². The molecule has 0 atom stereocenters. The van der Waals surface area contributed by atoms with Gasteiger partial charge < -0.3 is 15.6 Å². The van der Waals surface area contributed by atoms with E-state index in [1.54, 1.807) is 6.20 Å². The minimum absolute atomic E-state index is 0.671. The van der Waals surface area contributed by atoms with Crippen LogP contribution >= 0.6 is 11.6 Å². The summed E-state index contributed by atoms with van der Waals surface area (Å²) >= 11 is 6.07. The number of nitrogens with zero attached hydrogens (tertiary/aromatic N) is 2. The van der Waals surface area contributed by atoms with Gasteiger partial charge in [0.25, 0.3) is 0 Å². The number of hydrogen-bond acceptors (Lipinski definition) is 3. The number of aryl methyl sites for hydroxylation is 1. The fraction of sp³-hybridized carbons (Fsp3) is 0.308. The van der Waals surface area contributed by atoms with Crippen LogP contribution in [0.1, 0.15) is 12.8 Å². The number of hydrogen-bond donors (Lipinski definition) is 2. The van der Waals surface area contributed by atoms with Crippen LogP contribution in [-0.2, 0) is 6.54 Å². The third-order valence-corrected chi connectivity index (χ3v) is 3.06. The molecule has 0 amide bonds. The molecule has 0 bridgehead atoms. The molecule has 0 fully saturated rings. The van der Waals surface area contributed by atoms with Crippen LogP contribution in [0.15, 0.2) is 36.9 Å². The third kappa shape index (κ3) is 3.40. The second-order valence-electron chi connectivity index (χ2n) is 4.14. The van der Waals surface area contributed by atoms with E-state index in [0.29, 0.717) is 10.7 Å². The Morgan fingerprint density at radius 2 is 2.22 bits per heavy atom. The van der Waals surface area contributed by atoms with Gasteiger partial charge in [-0.25, -0.2) is 4.98 Å². The van der Waals surface area contributed by atoms with E-state index in [9.17, 15) is 0 Å². The molecule has 5 heteroatoms. The Labute approximate surface area is 112 Å². The lowest BCUT2D eigenvalue weighted by Crippen LogP contribution is -2.06. The molecule has 4 nitrogen and oxygen atoms in total. The van der Waals surface area contributed by atoms with Gasteiger partial charge in [-0.1, -0.05) is 17.7 Å². The molecule has 18 heavy (non-hydrogen) atoms. The molecule has 1 aromatic carbocycles. The molecule has 1 aromatic heterocycles. The van der Waals surface area contributed by atoms with Gasteiger partial charge in [-0.2, -0.15) is 0 Å². The smallest absolute Gasteiger partial charge is 0.0945 e. The molecule has 0 saturated heterocycles. The first kappa shape index (κ1) is 12.8. The molecule has 0 aliphatic carbocycles. The van der Waals surface area contributed by atoms with Crippen molar-refractivity contribution in [1.82, 2.24) is 9.55 Å². The highest BCUT2D eigenvalue weighted by molar-refractivity contribution is 6.33. The van der Waals surface area contributed by atoms with Crippen LogP contribution in [0.25, 0.3) is 0 Å². The van der Waals surface area contributed by atoms with Gasteiger partial charge in [0, 0.05) is 25.5 Å². The maximum Gasteiger partial charge on any atom is 0.0945 e. The van der Waals surface area contributed by atoms with Crippen molar-refractivity contribution in [2.24, 2.45) is 0 Å². The summed E-state index contributed by atoms with van der Waals surface area (Å²) in [6, 6.07) is 5.54. The second kappa shape index (κ2) is 6.31. The predicted molar refractivity (Wildman–Crippen MR) is 75.8 cm³/mol. The summed E-state index contributed by atoms with van der Waals surface area (Å²) in [5.74, 6) is 0. The Kier molecular flexibility index (Phi) is 4.47. The first-order valence-corrected chi connectivity index (χ1v) is 6.39. The van der Waals surface area contributed by atoms with Crippen LogP contribution in [0.5, 0.6) is 0 Å². The summed E-state index contributed by atoms with van der Waals surface area (Å²) in [5.41, 5.74) is 7.38. The minimum atomic E-state index is 0.671. The molecule has 2 rings (SSSR count). The summed E-state index contributed by atoms with van der Waals surface area (Å²) in [7, 11) is 0. The van der Waals surface area contributed by atoms with Crippen molar-refractivity contribution in [1.29, 1.82) is 0 Å². The average molecular weight is 265 g/mol. The SMILES string of the molecule is Nc1cccc(Cl)c1NCCCCn1ccnc1. The van der Waals surface area contributed by atoms with Gasteiger partial charge in [0.1, 0.15) is 0 Å². The van der Waals surface area contributed by atoms with Crippen molar-refractivity contribution in [2.45, 2.75) is 19.4 Å². The predicted octanol–water partition coefficient (Wildman–Crippen LogP) is 3.01. The van der Waals surface area contributed by atoms with Gasteiger partial charge in [-0.05, 0) is 25.0 Å². The molecule has 2 aromatic rings. The summed E-state index contributed by atoms with van der Waals surface area (Å²) in [6.07, 6.45) is 7.75. The lowest BCUT2D eigenvalue weighted by molar-refractivity contribution is 0.621. The number of halogens is 1. The first-order chi connectivity index (χ1) is 8.77. The summed E-state index contributed by atoms with van der Waals surface area (Å²) in [6.45, 7) is 1.85. The van der Waals surface area contributed by atoms with E-state index in [-0.39, 0.29) is 0 Å². The topological polar surface area (TPSA) is 55.9 Å². The van der Waals surface area contributed by atoms with E-state index in [1.807, 2.05) is 30.7 Å². The van der Waals surface area contributed by atoms with Gasteiger partial charge in [0.05, 0.1) is 22.7 Å². The number of unbranched alkanes of at least 4 members (excludes halogenated alkanes) is 1. The van der Waals surface area contributed by atoms with E-state index < -0.39 is 0 Å². The summed E-state index contributed by atoms with van der Waals surface area (Å²) in [5, 5.41) is 3.95. The maximum atomic E-state index is 6.07. The fourth-order valence-electron chi connectivity index (χ4n) is 1.78. The molecular weight excluding hydrogens is 248 g/mol. The quantitative estimate of drug-likeness (QED) is 0.623. The van der Waals surface area contributed by atoms with Crippen molar-refractivity contribution in [3.05, 3.63) is 41.9 Å². The molecule has 96 valence electrons. The van der Waals surface area contributed by atoms with Crippen LogP contribution in [0, 0.1) is 0 Å². The average Bonchev–Trinajstić information content (AvgIpc) is 2.85. The Morgan fingerprint density at radius 1 is 1.33 bits per heavy atom. The van der Waals surface area contributed by atoms with E-state index in [4.69, 9.17) is 17.3 Å². The third-order valence-electron chi connectivity index (χ3n) is 2.75. The maximum absolute atomic E-state index is 6.07. The van der Waals surface area contributed by atoms with Crippen molar-refractivity contribution >= 4 is 23.0 Å². The number of aromatic nitrogens is 2. The molecule has 0 radical (unpaired) electrons. The molecule has 0 aliphatic heterocycles. The number of imidazole rings is 1. The van der Waals surface area contributed by atoms with Crippen molar-refractivity contribution in [2.75, 3.05) is 17.6 Å². The van der Waals surface area contributed by atoms with Gasteiger partial charge in [0.2, 0.25) is 0 Å². The van der Waals surface area contributed by atoms with Crippen LogP contribution < -0.4 is 11.1 Å². The van der Waals surface area contributed by atoms with E-state index in [1.165, 1.54) is 0 Å². The lowest BCUT2D eigenvalue weighted by atomic mass is 10.2. The standard InChI is InChI=1S/C13H17ClN4/c14-11-4-3-5-12(15)13(11)17-6-1-2-8-18-9-7-16-10-18/h3-5,7,9-10,17H,1-2,6,8,15H2. The zero-order chi connectivity index (χ0) is 12.8. The number of benzene rings is 1. The number of anilines is 2. The Bertz CT molecular complexity index is 461. The normalized spacial score (nSPS) is 10.5. The Morgan fingerprint density at radius 3 is 2.94 bits per heavy atom. The monoisotopic (exact) mass is 264 g/mol. The number of rotatable bonds is 6. The lowest BCUT2D eigenvalue weighted by Gasteiger charge is -2.10. The van der Waals surface area contributed by atoms with Crippen molar-refractivity contribution in [3.8, 4) is 0 Å². The molecule has 0 saturated carbocycles. The molecule has 1 heterocycles. The van der Waals surface area contributed by atoms with Crippen LogP contribution in [0.3, 0.4) is 0 Å². The van der Waals surface area contributed by atoms with Gasteiger partial charge in [-0.15, -0.1) is 0 Å². The molecule has 0 aliphatic rings. The fourth-order valence-corrected chi connectivity index (χ4v) is 2.03. The highest BCUT2D eigenvalue weighted by atomic mass is 35.5. The van der Waals surface area contributed by atoms with E-state index >= 15 is 0 Å². The minimum Gasteiger partial charge on any atom is -0.397 e. The summed E-state index contributed by atoms with van der Waals surface area (Å²) < 4.78 is 2.07. The van der Waals surface area contributed by atoms with Crippen molar-refractivity contribution < 1.29 is 0 Å². The number of nitrogens with one attached hydrogen (secondary N) is 1. The van der Waals surface area contributed by atoms with Crippen LogP contribution in [0.4, 0.5) is 11.4 Å². The number of nitrogens with two attached hydrogens (primary N) is 1. The largest absolute Gasteiger partial charge is 0.397 e.